The maximum absolute atomic E-state index is 12.5. The molecule has 24 heavy (non-hydrogen) atoms. The van der Waals surface area contributed by atoms with Crippen LogP contribution in [0.3, 0.4) is 0 Å². The average molecular weight is 337 g/mol. The Morgan fingerprint density at radius 2 is 1.83 bits per heavy atom. The van der Waals surface area contributed by atoms with Crippen molar-refractivity contribution >= 4 is 11.8 Å². The summed E-state index contributed by atoms with van der Waals surface area (Å²) >= 11 is 0. The molecular weight excluding hydrogens is 310 g/mol. The van der Waals surface area contributed by atoms with Crippen molar-refractivity contribution in [1.82, 2.24) is 4.90 Å². The molecule has 134 valence electrons. The Labute approximate surface area is 142 Å². The van der Waals surface area contributed by atoms with Crippen LogP contribution in [0.25, 0.3) is 0 Å². The molecule has 1 atom stereocenters. The molecule has 3 fully saturated rings. The van der Waals surface area contributed by atoms with Crippen molar-refractivity contribution in [1.29, 1.82) is 0 Å². The fraction of sp³-hybridized carbons (Fsp3) is 0.778. The molecular formula is C18H27NO5. The van der Waals surface area contributed by atoms with Crippen LogP contribution < -0.4 is 0 Å². The second kappa shape index (κ2) is 8.12. The number of nitrogens with zero attached hydrogens (tertiary/aromatic N) is 1. The SMILES string of the molecule is O=C1OC(CCCN2CCOCC2)C(=O)/C1=C(\O)C1CCCCC1. The average Bonchev–Trinajstić information content (AvgIpc) is 2.90. The molecule has 0 spiro atoms. The third kappa shape index (κ3) is 3.98. The first-order chi connectivity index (χ1) is 11.7. The normalized spacial score (nSPS) is 28.9. The van der Waals surface area contributed by atoms with E-state index in [0.717, 1.165) is 71.4 Å². The Morgan fingerprint density at radius 3 is 2.54 bits per heavy atom. The summed E-state index contributed by atoms with van der Waals surface area (Å²) in [7, 11) is 0. The van der Waals surface area contributed by atoms with Crippen LogP contribution in [-0.2, 0) is 19.1 Å². The van der Waals surface area contributed by atoms with Crippen molar-refractivity contribution in [3.63, 3.8) is 0 Å². The lowest BCUT2D eigenvalue weighted by molar-refractivity contribution is -0.141. The number of morpholine rings is 1. The van der Waals surface area contributed by atoms with Crippen LogP contribution in [0, 0.1) is 5.92 Å². The summed E-state index contributed by atoms with van der Waals surface area (Å²) in [6.45, 7) is 4.19. The number of aliphatic hydroxyl groups is 1. The van der Waals surface area contributed by atoms with Gasteiger partial charge in [-0.2, -0.15) is 0 Å². The van der Waals surface area contributed by atoms with Gasteiger partial charge in [-0.15, -0.1) is 0 Å². The van der Waals surface area contributed by atoms with E-state index in [9.17, 15) is 14.7 Å². The van der Waals surface area contributed by atoms with Crippen molar-refractivity contribution in [3.8, 4) is 0 Å². The number of hydrogen-bond acceptors (Lipinski definition) is 6. The molecule has 0 aromatic carbocycles. The van der Waals surface area contributed by atoms with Crippen LogP contribution in [-0.4, -0.2) is 60.7 Å². The Balaban J connectivity index is 1.55. The monoisotopic (exact) mass is 337 g/mol. The predicted molar refractivity (Wildman–Crippen MR) is 87.6 cm³/mol. The summed E-state index contributed by atoms with van der Waals surface area (Å²) in [5, 5.41) is 10.4. The van der Waals surface area contributed by atoms with Gasteiger partial charge in [0.1, 0.15) is 11.3 Å². The molecule has 1 unspecified atom stereocenters. The minimum absolute atomic E-state index is 0.0274. The van der Waals surface area contributed by atoms with E-state index in [-0.39, 0.29) is 23.0 Å². The van der Waals surface area contributed by atoms with E-state index >= 15 is 0 Å². The van der Waals surface area contributed by atoms with E-state index in [2.05, 4.69) is 4.90 Å². The lowest BCUT2D eigenvalue weighted by Gasteiger charge is -2.26. The second-order valence-electron chi connectivity index (χ2n) is 6.95. The molecule has 3 aliphatic rings. The highest BCUT2D eigenvalue weighted by atomic mass is 16.6. The van der Waals surface area contributed by atoms with Crippen molar-refractivity contribution < 1.29 is 24.2 Å². The van der Waals surface area contributed by atoms with Gasteiger partial charge in [0.2, 0.25) is 5.78 Å². The Hall–Kier alpha value is -1.40. The highest BCUT2D eigenvalue weighted by molar-refractivity contribution is 6.23. The van der Waals surface area contributed by atoms with Gasteiger partial charge in [0.25, 0.3) is 0 Å². The van der Waals surface area contributed by atoms with Crippen molar-refractivity contribution in [2.45, 2.75) is 51.0 Å². The lowest BCUT2D eigenvalue weighted by atomic mass is 9.85. The number of ketones is 1. The van der Waals surface area contributed by atoms with Crippen molar-refractivity contribution in [2.24, 2.45) is 5.92 Å². The van der Waals surface area contributed by atoms with E-state index in [1.54, 1.807) is 0 Å². The molecule has 2 saturated heterocycles. The van der Waals surface area contributed by atoms with E-state index in [1.165, 1.54) is 0 Å². The number of allylic oxidation sites excluding steroid dienone is 1. The number of cyclic esters (lactones) is 1. The molecule has 6 nitrogen and oxygen atoms in total. The summed E-state index contributed by atoms with van der Waals surface area (Å²) in [6.07, 6.45) is 5.50. The van der Waals surface area contributed by atoms with Crippen LogP contribution in [0.5, 0.6) is 0 Å². The molecule has 2 aliphatic heterocycles. The van der Waals surface area contributed by atoms with Crippen LogP contribution >= 0.6 is 0 Å². The molecule has 0 bridgehead atoms. The smallest absolute Gasteiger partial charge is 0.346 e. The summed E-state index contributed by atoms with van der Waals surface area (Å²) in [5.41, 5.74) is -0.0849. The van der Waals surface area contributed by atoms with Crippen LogP contribution in [0.1, 0.15) is 44.9 Å². The largest absolute Gasteiger partial charge is 0.511 e. The number of hydrogen-bond donors (Lipinski definition) is 1. The van der Waals surface area contributed by atoms with Gasteiger partial charge in [-0.3, -0.25) is 9.69 Å². The van der Waals surface area contributed by atoms with Crippen molar-refractivity contribution in [2.75, 3.05) is 32.8 Å². The number of Topliss-reactive ketones (excluding diaryl/α,β-unsaturated/α-hetero) is 1. The summed E-state index contributed by atoms with van der Waals surface area (Å²) < 4.78 is 10.5. The minimum Gasteiger partial charge on any atom is -0.511 e. The van der Waals surface area contributed by atoms with E-state index in [4.69, 9.17) is 9.47 Å². The summed E-state index contributed by atoms with van der Waals surface area (Å²) in [5.74, 6) is -1.05. The highest BCUT2D eigenvalue weighted by Crippen LogP contribution is 2.33. The van der Waals surface area contributed by atoms with E-state index in [1.807, 2.05) is 0 Å². The number of aliphatic hydroxyl groups excluding tert-OH is 1. The number of carbonyl (C=O) groups is 2. The van der Waals surface area contributed by atoms with Gasteiger partial charge in [-0.05, 0) is 32.2 Å². The summed E-state index contributed by atoms with van der Waals surface area (Å²) in [6, 6.07) is 0. The zero-order chi connectivity index (χ0) is 16.9. The fourth-order valence-electron chi connectivity index (χ4n) is 3.83. The van der Waals surface area contributed by atoms with Gasteiger partial charge in [-0.1, -0.05) is 19.3 Å². The predicted octanol–water partition coefficient (Wildman–Crippen LogP) is 1.99. The molecule has 0 aromatic heterocycles. The lowest BCUT2D eigenvalue weighted by Crippen LogP contribution is -2.37. The number of rotatable bonds is 5. The highest BCUT2D eigenvalue weighted by Gasteiger charge is 2.42. The van der Waals surface area contributed by atoms with Gasteiger partial charge < -0.3 is 14.6 Å². The quantitative estimate of drug-likeness (QED) is 0.358. The molecule has 1 saturated carbocycles. The van der Waals surface area contributed by atoms with Crippen LogP contribution in [0.15, 0.2) is 11.3 Å². The molecule has 0 aromatic rings. The van der Waals surface area contributed by atoms with E-state index < -0.39 is 12.1 Å². The Kier molecular flexibility index (Phi) is 5.89. The fourth-order valence-corrected chi connectivity index (χ4v) is 3.83. The first-order valence-corrected chi connectivity index (χ1v) is 9.15. The standard InChI is InChI=1S/C18H27NO5/c20-16(13-5-2-1-3-6-13)15-17(21)14(24-18(15)22)7-4-8-19-9-11-23-12-10-19/h13-14,20H,1-12H2/b16-15+. The van der Waals surface area contributed by atoms with Crippen LogP contribution in [0.4, 0.5) is 0 Å². The zero-order valence-electron chi connectivity index (χ0n) is 14.2. The first kappa shape index (κ1) is 17.4. The zero-order valence-corrected chi connectivity index (χ0v) is 14.2. The van der Waals surface area contributed by atoms with Gasteiger partial charge in [0.05, 0.1) is 13.2 Å². The number of ether oxygens (including phenoxy) is 2. The Bertz CT molecular complexity index is 504. The molecule has 1 aliphatic carbocycles. The third-order valence-corrected chi connectivity index (χ3v) is 5.28. The van der Waals surface area contributed by atoms with Gasteiger partial charge in [-0.25, -0.2) is 4.79 Å². The molecule has 6 heteroatoms. The molecule has 3 rings (SSSR count). The molecule has 0 radical (unpaired) electrons. The molecule has 2 heterocycles. The second-order valence-corrected chi connectivity index (χ2v) is 6.95. The minimum atomic E-state index is -0.723. The molecule has 0 amide bonds. The number of esters is 1. The van der Waals surface area contributed by atoms with Crippen molar-refractivity contribution in [3.05, 3.63) is 11.3 Å². The topological polar surface area (TPSA) is 76.1 Å². The maximum Gasteiger partial charge on any atom is 0.346 e. The summed E-state index contributed by atoms with van der Waals surface area (Å²) in [4.78, 5) is 26.8. The number of carbonyl (C=O) groups excluding carboxylic acids is 2. The van der Waals surface area contributed by atoms with Crippen LogP contribution in [0.2, 0.25) is 0 Å². The third-order valence-electron chi connectivity index (χ3n) is 5.28. The van der Waals surface area contributed by atoms with Gasteiger partial charge in [0.15, 0.2) is 6.10 Å². The first-order valence-electron chi connectivity index (χ1n) is 9.15. The molecule has 1 N–H and O–H groups in total. The Morgan fingerprint density at radius 1 is 1.12 bits per heavy atom. The van der Waals surface area contributed by atoms with Gasteiger partial charge in [0, 0.05) is 19.0 Å². The maximum atomic E-state index is 12.5. The van der Waals surface area contributed by atoms with Gasteiger partial charge >= 0.3 is 5.97 Å². The van der Waals surface area contributed by atoms with E-state index in [0.29, 0.717) is 6.42 Å².